The zero-order valence-electron chi connectivity index (χ0n) is 8.89. The molecule has 13 heavy (non-hydrogen) atoms. The number of hydrogen-bond acceptors (Lipinski definition) is 2. The van der Waals surface area contributed by atoms with Crippen LogP contribution >= 0.6 is 0 Å². The molecule has 74 valence electrons. The van der Waals surface area contributed by atoms with Crippen LogP contribution in [0, 0.1) is 5.41 Å². The largest absolute Gasteiger partial charge is 0.508 e. The molecule has 0 unspecified atom stereocenters. The minimum absolute atomic E-state index is 0.130. The third-order valence-corrected chi connectivity index (χ3v) is 1.85. The van der Waals surface area contributed by atoms with E-state index in [1.807, 2.05) is 27.7 Å². The number of rotatable bonds is 2. The van der Waals surface area contributed by atoms with Crippen LogP contribution in [0.2, 0.25) is 0 Å². The maximum absolute atomic E-state index is 9.60. The fourth-order valence-electron chi connectivity index (χ4n) is 0.713. The van der Waals surface area contributed by atoms with E-state index in [9.17, 15) is 5.11 Å². The molecule has 0 amide bonds. The highest BCUT2D eigenvalue weighted by atomic mass is 16.3. The molecule has 0 aromatic rings. The molecule has 0 bridgehead atoms. The molecule has 2 heteroatoms. The van der Waals surface area contributed by atoms with Gasteiger partial charge in [-0.05, 0) is 17.9 Å². The van der Waals surface area contributed by atoms with E-state index >= 15 is 0 Å². The normalized spacial score (nSPS) is 14.5. The molecule has 0 aliphatic rings. The Balaban J connectivity index is 4.72. The van der Waals surface area contributed by atoms with Crippen LogP contribution in [0.4, 0.5) is 0 Å². The van der Waals surface area contributed by atoms with Crippen molar-refractivity contribution in [1.29, 1.82) is 0 Å². The topological polar surface area (TPSA) is 46.2 Å². The predicted molar refractivity (Wildman–Crippen MR) is 57.3 cm³/mol. The summed E-state index contributed by atoms with van der Waals surface area (Å²) >= 11 is 0. The van der Waals surface area contributed by atoms with Gasteiger partial charge in [-0.25, -0.2) is 0 Å². The van der Waals surface area contributed by atoms with E-state index in [0.29, 0.717) is 11.3 Å². The first-order valence-electron chi connectivity index (χ1n) is 4.31. The fraction of sp³-hybridized carbons (Fsp3) is 0.455. The van der Waals surface area contributed by atoms with Gasteiger partial charge < -0.3 is 10.8 Å². The molecule has 0 fully saturated rings. The van der Waals surface area contributed by atoms with Crippen LogP contribution in [0.3, 0.4) is 0 Å². The van der Waals surface area contributed by atoms with Gasteiger partial charge in [0, 0.05) is 11.8 Å². The van der Waals surface area contributed by atoms with Gasteiger partial charge in [-0.2, -0.15) is 0 Å². The average molecular weight is 181 g/mol. The lowest BCUT2D eigenvalue weighted by Gasteiger charge is -2.20. The minimum atomic E-state index is -0.130. The van der Waals surface area contributed by atoms with Crippen molar-refractivity contribution in [2.24, 2.45) is 11.1 Å². The van der Waals surface area contributed by atoms with Crippen molar-refractivity contribution in [3.8, 4) is 0 Å². The van der Waals surface area contributed by atoms with Gasteiger partial charge in [-0.1, -0.05) is 33.4 Å². The molecular formula is C11H19NO. The summed E-state index contributed by atoms with van der Waals surface area (Å²) in [7, 11) is 0. The number of nitrogens with two attached hydrogens (primary N) is 1. The maximum Gasteiger partial charge on any atom is 0.120 e. The SMILES string of the molecule is C=C(/C(O)=C\C(N)=C/C)C(C)(C)C. The molecular weight excluding hydrogens is 162 g/mol. The zero-order valence-corrected chi connectivity index (χ0v) is 8.89. The lowest BCUT2D eigenvalue weighted by atomic mass is 9.86. The number of aliphatic hydroxyl groups excluding tert-OH is 1. The highest BCUT2D eigenvalue weighted by Crippen LogP contribution is 2.28. The first-order chi connectivity index (χ1) is 5.79. The van der Waals surface area contributed by atoms with Crippen LogP contribution in [0.1, 0.15) is 27.7 Å². The summed E-state index contributed by atoms with van der Waals surface area (Å²) in [6.45, 7) is 11.6. The van der Waals surface area contributed by atoms with Gasteiger partial charge in [-0.15, -0.1) is 0 Å². The standard InChI is InChI=1S/C11H19NO/c1-6-9(12)7-10(13)8(2)11(3,4)5/h6-7,13H,2,12H2,1,3-5H3/b9-6+,10-7+. The van der Waals surface area contributed by atoms with Crippen LogP contribution in [-0.2, 0) is 0 Å². The van der Waals surface area contributed by atoms with Crippen LogP contribution in [-0.4, -0.2) is 5.11 Å². The van der Waals surface area contributed by atoms with E-state index in [4.69, 9.17) is 5.73 Å². The molecule has 0 rings (SSSR count). The Bertz CT molecular complexity index is 254. The predicted octanol–water partition coefficient (Wildman–Crippen LogP) is 2.89. The molecule has 0 heterocycles. The average Bonchev–Trinajstić information content (AvgIpc) is 2.01. The Morgan fingerprint density at radius 1 is 1.38 bits per heavy atom. The summed E-state index contributed by atoms with van der Waals surface area (Å²) in [6.07, 6.45) is 3.25. The van der Waals surface area contributed by atoms with Crippen LogP contribution in [0.5, 0.6) is 0 Å². The van der Waals surface area contributed by atoms with E-state index in [2.05, 4.69) is 6.58 Å². The summed E-state index contributed by atoms with van der Waals surface area (Å²) in [5.41, 5.74) is 6.64. The van der Waals surface area contributed by atoms with Crippen molar-refractivity contribution in [2.45, 2.75) is 27.7 Å². The lowest BCUT2D eigenvalue weighted by molar-refractivity contribution is 0.380. The van der Waals surface area contributed by atoms with Gasteiger partial charge >= 0.3 is 0 Å². The smallest absolute Gasteiger partial charge is 0.120 e. The van der Waals surface area contributed by atoms with Crippen LogP contribution < -0.4 is 5.73 Å². The highest BCUT2D eigenvalue weighted by molar-refractivity contribution is 5.32. The van der Waals surface area contributed by atoms with Crippen molar-refractivity contribution in [3.05, 3.63) is 35.8 Å². The second-order valence-corrected chi connectivity index (χ2v) is 4.05. The zero-order chi connectivity index (χ0) is 10.6. The summed E-state index contributed by atoms with van der Waals surface area (Å²) in [5.74, 6) is 0.156. The Labute approximate surface area is 80.5 Å². The minimum Gasteiger partial charge on any atom is -0.508 e. The van der Waals surface area contributed by atoms with E-state index in [0.717, 1.165) is 0 Å². The molecule has 0 aliphatic heterocycles. The molecule has 3 N–H and O–H groups in total. The summed E-state index contributed by atoms with van der Waals surface area (Å²) in [5, 5.41) is 9.60. The summed E-state index contributed by atoms with van der Waals surface area (Å²) in [4.78, 5) is 0. The van der Waals surface area contributed by atoms with Gasteiger partial charge in [0.2, 0.25) is 0 Å². The van der Waals surface area contributed by atoms with Crippen molar-refractivity contribution in [1.82, 2.24) is 0 Å². The van der Waals surface area contributed by atoms with Crippen LogP contribution in [0.25, 0.3) is 0 Å². The van der Waals surface area contributed by atoms with E-state index in [-0.39, 0.29) is 11.2 Å². The molecule has 0 aliphatic carbocycles. The molecule has 0 saturated carbocycles. The first-order valence-corrected chi connectivity index (χ1v) is 4.31. The Morgan fingerprint density at radius 3 is 2.15 bits per heavy atom. The van der Waals surface area contributed by atoms with E-state index < -0.39 is 0 Å². The third-order valence-electron chi connectivity index (χ3n) is 1.85. The van der Waals surface area contributed by atoms with Gasteiger partial charge in [0.1, 0.15) is 5.76 Å². The molecule has 0 atom stereocenters. The molecule has 2 nitrogen and oxygen atoms in total. The van der Waals surface area contributed by atoms with Gasteiger partial charge in [0.05, 0.1) is 0 Å². The van der Waals surface area contributed by atoms with Crippen molar-refractivity contribution in [2.75, 3.05) is 0 Å². The van der Waals surface area contributed by atoms with Crippen molar-refractivity contribution < 1.29 is 5.11 Å². The molecule has 0 aromatic carbocycles. The van der Waals surface area contributed by atoms with Gasteiger partial charge in [-0.3, -0.25) is 0 Å². The Morgan fingerprint density at radius 2 is 1.85 bits per heavy atom. The second kappa shape index (κ2) is 4.17. The monoisotopic (exact) mass is 181 g/mol. The quantitative estimate of drug-likeness (QED) is 0.508. The van der Waals surface area contributed by atoms with Gasteiger partial charge in [0.25, 0.3) is 0 Å². The maximum atomic E-state index is 9.60. The lowest BCUT2D eigenvalue weighted by Crippen LogP contribution is -2.11. The Kier molecular flexibility index (Phi) is 3.79. The molecule has 0 spiro atoms. The third kappa shape index (κ3) is 3.83. The molecule has 0 saturated heterocycles. The van der Waals surface area contributed by atoms with Gasteiger partial charge in [0.15, 0.2) is 0 Å². The highest BCUT2D eigenvalue weighted by Gasteiger charge is 2.17. The number of hydrogen-bond donors (Lipinski definition) is 2. The molecule has 0 radical (unpaired) electrons. The Hall–Kier alpha value is -1.18. The number of aliphatic hydroxyl groups is 1. The summed E-state index contributed by atoms with van der Waals surface area (Å²) in [6, 6.07) is 0. The second-order valence-electron chi connectivity index (χ2n) is 4.05. The van der Waals surface area contributed by atoms with Crippen molar-refractivity contribution in [3.63, 3.8) is 0 Å². The fourth-order valence-corrected chi connectivity index (χ4v) is 0.713. The van der Waals surface area contributed by atoms with E-state index in [1.165, 1.54) is 6.08 Å². The number of allylic oxidation sites excluding steroid dienone is 3. The first kappa shape index (κ1) is 11.8. The summed E-state index contributed by atoms with van der Waals surface area (Å²) < 4.78 is 0. The van der Waals surface area contributed by atoms with Crippen LogP contribution in [0.15, 0.2) is 35.8 Å². The molecule has 0 aromatic heterocycles. The van der Waals surface area contributed by atoms with Crippen molar-refractivity contribution >= 4 is 0 Å². The van der Waals surface area contributed by atoms with E-state index in [1.54, 1.807) is 6.08 Å².